The second-order valence-electron chi connectivity index (χ2n) is 4.44. The minimum Gasteiger partial charge on any atom is -0.367 e. The van der Waals surface area contributed by atoms with Crippen LogP contribution in [0.25, 0.3) is 0 Å². The van der Waals surface area contributed by atoms with Crippen molar-refractivity contribution in [3.63, 3.8) is 0 Å². The predicted octanol–water partition coefficient (Wildman–Crippen LogP) is 1.78. The van der Waals surface area contributed by atoms with E-state index in [1.807, 2.05) is 47.3 Å². The zero-order valence-electron chi connectivity index (χ0n) is 11.5. The number of carbonyl (C=O) groups excluding carboxylic acids is 1. The van der Waals surface area contributed by atoms with Gasteiger partial charge in [-0.15, -0.1) is 0 Å². The number of nitrogens with one attached hydrogen (secondary N) is 1. The Balaban J connectivity index is 1.78. The van der Waals surface area contributed by atoms with Crippen molar-refractivity contribution in [2.75, 3.05) is 13.7 Å². The molecule has 1 aromatic heterocycles. The van der Waals surface area contributed by atoms with Gasteiger partial charge >= 0.3 is 0 Å². The van der Waals surface area contributed by atoms with E-state index in [2.05, 4.69) is 10.4 Å². The number of carbonyl (C=O) groups is 1. The van der Waals surface area contributed by atoms with E-state index in [0.29, 0.717) is 6.54 Å². The summed E-state index contributed by atoms with van der Waals surface area (Å²) >= 11 is 0. The zero-order chi connectivity index (χ0) is 14.2. The van der Waals surface area contributed by atoms with E-state index in [1.54, 1.807) is 13.3 Å². The van der Waals surface area contributed by atoms with Crippen LogP contribution in [0.5, 0.6) is 0 Å². The van der Waals surface area contributed by atoms with E-state index in [4.69, 9.17) is 4.74 Å². The molecule has 106 valence electrons. The lowest BCUT2D eigenvalue weighted by Gasteiger charge is -2.15. The first-order valence-corrected chi connectivity index (χ1v) is 6.64. The van der Waals surface area contributed by atoms with Crippen LogP contribution in [0.3, 0.4) is 0 Å². The maximum Gasteiger partial charge on any atom is 0.253 e. The van der Waals surface area contributed by atoms with Crippen LogP contribution in [0.4, 0.5) is 0 Å². The van der Waals surface area contributed by atoms with Gasteiger partial charge in [-0.3, -0.25) is 9.48 Å². The largest absolute Gasteiger partial charge is 0.367 e. The molecular formula is C15H19N3O2. The number of rotatable bonds is 7. The number of hydrogen-bond donors (Lipinski definition) is 1. The summed E-state index contributed by atoms with van der Waals surface area (Å²) in [5.41, 5.74) is 0.861. The fraction of sp³-hybridized carbons (Fsp3) is 0.333. The van der Waals surface area contributed by atoms with Gasteiger partial charge in [0, 0.05) is 32.6 Å². The summed E-state index contributed by atoms with van der Waals surface area (Å²) in [6.07, 6.45) is 3.93. The summed E-state index contributed by atoms with van der Waals surface area (Å²) in [6, 6.07) is 11.4. The minimum atomic E-state index is -0.555. The third-order valence-corrected chi connectivity index (χ3v) is 3.00. The Morgan fingerprint density at radius 1 is 1.35 bits per heavy atom. The summed E-state index contributed by atoms with van der Waals surface area (Å²) in [6.45, 7) is 1.39. The van der Waals surface area contributed by atoms with Crippen molar-refractivity contribution in [2.24, 2.45) is 0 Å². The molecule has 0 radical (unpaired) electrons. The number of methoxy groups -OCH3 is 1. The van der Waals surface area contributed by atoms with Gasteiger partial charge in [-0.25, -0.2) is 0 Å². The standard InChI is InChI=1S/C15H19N3O2/c1-20-14(13-7-3-2-4-8-13)15(19)16-9-5-11-18-12-6-10-17-18/h2-4,6-8,10,12,14H,5,9,11H2,1H3,(H,16,19). The molecule has 0 bridgehead atoms. The molecule has 1 aromatic carbocycles. The van der Waals surface area contributed by atoms with Crippen LogP contribution in [-0.2, 0) is 16.1 Å². The molecule has 1 unspecified atom stereocenters. The fourth-order valence-corrected chi connectivity index (χ4v) is 2.00. The molecule has 5 nitrogen and oxygen atoms in total. The lowest BCUT2D eigenvalue weighted by molar-refractivity contribution is -0.131. The first kappa shape index (κ1) is 14.3. The number of benzene rings is 1. The maximum atomic E-state index is 12.1. The summed E-state index contributed by atoms with van der Waals surface area (Å²) < 4.78 is 7.12. The monoisotopic (exact) mass is 273 g/mol. The molecule has 2 rings (SSSR count). The number of nitrogens with zero attached hydrogens (tertiary/aromatic N) is 2. The molecule has 2 aromatic rings. The van der Waals surface area contributed by atoms with Gasteiger partial charge in [-0.05, 0) is 18.1 Å². The average Bonchev–Trinajstić information content (AvgIpc) is 2.99. The predicted molar refractivity (Wildman–Crippen MR) is 76.0 cm³/mol. The molecule has 1 N–H and O–H groups in total. The molecule has 1 atom stereocenters. The van der Waals surface area contributed by atoms with Gasteiger partial charge in [0.1, 0.15) is 0 Å². The molecule has 0 saturated carbocycles. The number of ether oxygens (including phenoxy) is 1. The van der Waals surface area contributed by atoms with Gasteiger partial charge in [0.25, 0.3) is 5.91 Å². The normalized spacial score (nSPS) is 12.1. The Morgan fingerprint density at radius 2 is 2.15 bits per heavy atom. The maximum absolute atomic E-state index is 12.1. The highest BCUT2D eigenvalue weighted by Crippen LogP contribution is 2.15. The number of aryl methyl sites for hydroxylation is 1. The molecule has 0 aliphatic carbocycles. The molecule has 5 heteroatoms. The minimum absolute atomic E-state index is 0.112. The Kier molecular flexibility index (Phi) is 5.32. The summed E-state index contributed by atoms with van der Waals surface area (Å²) in [4.78, 5) is 12.1. The van der Waals surface area contributed by atoms with E-state index >= 15 is 0 Å². The van der Waals surface area contributed by atoms with Crippen molar-refractivity contribution < 1.29 is 9.53 Å². The van der Waals surface area contributed by atoms with Crippen LogP contribution in [0, 0.1) is 0 Å². The van der Waals surface area contributed by atoms with Crippen molar-refractivity contribution in [1.82, 2.24) is 15.1 Å². The lowest BCUT2D eigenvalue weighted by atomic mass is 10.1. The first-order chi connectivity index (χ1) is 9.81. The van der Waals surface area contributed by atoms with Gasteiger partial charge in [0.15, 0.2) is 6.10 Å². The van der Waals surface area contributed by atoms with E-state index in [0.717, 1.165) is 18.5 Å². The number of hydrogen-bond acceptors (Lipinski definition) is 3. The summed E-state index contributed by atoms with van der Waals surface area (Å²) in [5, 5.41) is 7.00. The van der Waals surface area contributed by atoms with E-state index in [9.17, 15) is 4.79 Å². The van der Waals surface area contributed by atoms with E-state index in [1.165, 1.54) is 0 Å². The van der Waals surface area contributed by atoms with Gasteiger partial charge in [0.2, 0.25) is 0 Å². The van der Waals surface area contributed by atoms with Crippen molar-refractivity contribution >= 4 is 5.91 Å². The second kappa shape index (κ2) is 7.45. The van der Waals surface area contributed by atoms with Crippen LogP contribution in [0.1, 0.15) is 18.1 Å². The molecule has 0 spiro atoms. The molecular weight excluding hydrogens is 254 g/mol. The van der Waals surface area contributed by atoms with Crippen molar-refractivity contribution in [3.05, 3.63) is 54.4 Å². The molecule has 0 fully saturated rings. The van der Waals surface area contributed by atoms with Crippen LogP contribution in [-0.4, -0.2) is 29.3 Å². The third-order valence-electron chi connectivity index (χ3n) is 3.00. The number of aromatic nitrogens is 2. The molecule has 0 aliphatic rings. The third kappa shape index (κ3) is 3.93. The molecule has 0 aliphatic heterocycles. The van der Waals surface area contributed by atoms with Crippen LogP contribution in [0.2, 0.25) is 0 Å². The Hall–Kier alpha value is -2.14. The smallest absolute Gasteiger partial charge is 0.253 e. The lowest BCUT2D eigenvalue weighted by Crippen LogP contribution is -2.31. The summed E-state index contributed by atoms with van der Waals surface area (Å²) in [5.74, 6) is -0.112. The zero-order valence-corrected chi connectivity index (χ0v) is 11.5. The number of amides is 1. The first-order valence-electron chi connectivity index (χ1n) is 6.64. The Labute approximate surface area is 118 Å². The highest BCUT2D eigenvalue weighted by Gasteiger charge is 2.18. The van der Waals surface area contributed by atoms with Crippen molar-refractivity contribution in [1.29, 1.82) is 0 Å². The van der Waals surface area contributed by atoms with E-state index < -0.39 is 6.10 Å². The SMILES string of the molecule is COC(C(=O)NCCCn1cccn1)c1ccccc1. The highest BCUT2D eigenvalue weighted by molar-refractivity contribution is 5.82. The van der Waals surface area contributed by atoms with Gasteiger partial charge < -0.3 is 10.1 Å². The highest BCUT2D eigenvalue weighted by atomic mass is 16.5. The Morgan fingerprint density at radius 3 is 2.80 bits per heavy atom. The quantitative estimate of drug-likeness (QED) is 0.782. The van der Waals surface area contributed by atoms with Crippen LogP contribution < -0.4 is 5.32 Å². The molecule has 1 heterocycles. The molecule has 1 amide bonds. The molecule has 0 saturated heterocycles. The van der Waals surface area contributed by atoms with Crippen molar-refractivity contribution in [2.45, 2.75) is 19.1 Å². The van der Waals surface area contributed by atoms with Gasteiger partial charge in [-0.1, -0.05) is 30.3 Å². The van der Waals surface area contributed by atoms with Crippen molar-refractivity contribution in [3.8, 4) is 0 Å². The second-order valence-corrected chi connectivity index (χ2v) is 4.44. The van der Waals surface area contributed by atoms with Gasteiger partial charge in [-0.2, -0.15) is 5.10 Å². The molecule has 20 heavy (non-hydrogen) atoms. The average molecular weight is 273 g/mol. The Bertz CT molecular complexity index is 511. The topological polar surface area (TPSA) is 56.1 Å². The fourth-order valence-electron chi connectivity index (χ4n) is 2.00. The van der Waals surface area contributed by atoms with Crippen LogP contribution in [0.15, 0.2) is 48.8 Å². The van der Waals surface area contributed by atoms with Gasteiger partial charge in [0.05, 0.1) is 0 Å². The summed E-state index contributed by atoms with van der Waals surface area (Å²) in [7, 11) is 1.54. The van der Waals surface area contributed by atoms with E-state index in [-0.39, 0.29) is 5.91 Å². The van der Waals surface area contributed by atoms with Crippen LogP contribution >= 0.6 is 0 Å².